The number of carbonyl (C=O) groups is 1. The monoisotopic (exact) mass is 413 g/mol. The Balaban J connectivity index is 2.15. The summed E-state index contributed by atoms with van der Waals surface area (Å²) in [6.45, 7) is 0.0922. The molecule has 1 heterocycles. The molecule has 0 bridgehead atoms. The van der Waals surface area contributed by atoms with E-state index in [1.54, 1.807) is 6.07 Å². The van der Waals surface area contributed by atoms with Gasteiger partial charge in [0.1, 0.15) is 16.0 Å². The smallest absolute Gasteiger partial charge is 0.261 e. The van der Waals surface area contributed by atoms with Crippen molar-refractivity contribution in [3.63, 3.8) is 0 Å². The first-order valence-electron chi connectivity index (χ1n) is 7.84. The van der Waals surface area contributed by atoms with Crippen LogP contribution in [-0.2, 0) is 6.42 Å². The molecule has 1 amide bonds. The van der Waals surface area contributed by atoms with Crippen LogP contribution < -0.4 is 16.8 Å². The van der Waals surface area contributed by atoms with Crippen LogP contribution in [0.3, 0.4) is 0 Å². The van der Waals surface area contributed by atoms with Crippen molar-refractivity contribution in [3.05, 3.63) is 56.2 Å². The molecule has 144 valence electrons. The van der Waals surface area contributed by atoms with Crippen molar-refractivity contribution in [1.82, 2.24) is 5.32 Å². The fourth-order valence-corrected chi connectivity index (χ4v) is 3.58. The van der Waals surface area contributed by atoms with Crippen molar-refractivity contribution in [2.45, 2.75) is 12.5 Å². The molecule has 0 aliphatic carbocycles. The van der Waals surface area contributed by atoms with E-state index in [1.807, 2.05) is 0 Å². The second-order valence-electron chi connectivity index (χ2n) is 5.51. The van der Waals surface area contributed by atoms with Gasteiger partial charge in [-0.15, -0.1) is 11.3 Å². The summed E-state index contributed by atoms with van der Waals surface area (Å²) in [7, 11) is 1.53. The average molecular weight is 414 g/mol. The number of aliphatic imine (C=N–C) groups is 2. The molecule has 2 aromatic rings. The second kappa shape index (κ2) is 9.54. The molecule has 0 spiro atoms. The summed E-state index contributed by atoms with van der Waals surface area (Å²) in [5.74, 6) is -1.49. The van der Waals surface area contributed by atoms with E-state index in [-0.39, 0.29) is 13.0 Å². The molecule has 6 nitrogen and oxygen atoms in total. The molecule has 0 radical (unpaired) electrons. The number of nitrogens with one attached hydrogen (secondary N) is 1. The lowest BCUT2D eigenvalue weighted by atomic mass is 10.1. The van der Waals surface area contributed by atoms with Gasteiger partial charge in [0.05, 0.1) is 11.2 Å². The molecule has 0 saturated carbocycles. The van der Waals surface area contributed by atoms with Crippen LogP contribution in [-0.4, -0.2) is 37.7 Å². The Labute approximate surface area is 163 Å². The van der Waals surface area contributed by atoms with E-state index in [4.69, 9.17) is 23.1 Å². The van der Waals surface area contributed by atoms with Crippen molar-refractivity contribution in [2.75, 3.05) is 13.6 Å². The van der Waals surface area contributed by atoms with Gasteiger partial charge in [0.2, 0.25) is 0 Å². The van der Waals surface area contributed by atoms with Crippen LogP contribution in [0.2, 0.25) is 4.34 Å². The van der Waals surface area contributed by atoms with Gasteiger partial charge in [-0.1, -0.05) is 11.6 Å². The minimum atomic E-state index is -0.686. The zero-order chi connectivity index (χ0) is 20.0. The highest BCUT2D eigenvalue weighted by Gasteiger charge is 2.19. The third-order valence-electron chi connectivity index (χ3n) is 3.58. The molecular weight excluding hydrogens is 396 g/mol. The third kappa shape index (κ3) is 5.56. The lowest BCUT2D eigenvalue weighted by Crippen LogP contribution is -2.41. The molecule has 5 N–H and O–H groups in total. The molecule has 0 aliphatic heterocycles. The zero-order valence-corrected chi connectivity index (χ0v) is 16.0. The summed E-state index contributed by atoms with van der Waals surface area (Å²) in [5.41, 5.74) is 11.8. The topological polar surface area (TPSA) is 106 Å². The van der Waals surface area contributed by atoms with Crippen molar-refractivity contribution >= 4 is 41.0 Å². The predicted octanol–water partition coefficient (Wildman–Crippen LogP) is 2.34. The summed E-state index contributed by atoms with van der Waals surface area (Å²) >= 11 is 7.22. The first-order valence-corrected chi connectivity index (χ1v) is 9.04. The lowest BCUT2D eigenvalue weighted by molar-refractivity contribution is 0.0942. The molecular formula is C17H18ClF2N5OS. The van der Waals surface area contributed by atoms with E-state index < -0.39 is 23.6 Å². The number of amides is 1. The maximum atomic E-state index is 13.3. The van der Waals surface area contributed by atoms with Gasteiger partial charge in [-0.2, -0.15) is 0 Å². The number of carbonyl (C=O) groups excluding carboxylic acids is 1. The maximum absolute atomic E-state index is 13.3. The normalized spacial score (nSPS) is 13.1. The first-order chi connectivity index (χ1) is 12.9. The van der Waals surface area contributed by atoms with Crippen molar-refractivity contribution in [1.29, 1.82) is 0 Å². The molecule has 1 atom stereocenters. The van der Waals surface area contributed by atoms with Gasteiger partial charge in [-0.05, 0) is 30.2 Å². The number of nitrogens with zero attached hydrogens (tertiary/aromatic N) is 2. The number of hydrogen-bond acceptors (Lipinski definition) is 4. The quantitative estimate of drug-likeness (QED) is 0.500. The molecule has 10 heteroatoms. The van der Waals surface area contributed by atoms with E-state index in [2.05, 4.69) is 15.3 Å². The number of amidine groups is 1. The molecule has 2 rings (SSSR count). The van der Waals surface area contributed by atoms with Gasteiger partial charge >= 0.3 is 0 Å². The lowest BCUT2D eigenvalue weighted by Gasteiger charge is -2.16. The standard InChI is InChI=1S/C17H18ClF2N5OS/c1-23-16(24-8-22)13-6-14(27-15(13)18)17(26)25-12(7-21)4-9-2-10(19)5-11(20)3-9/h2-3,5-6,8,12H,4,7,21H2,1H3,(H,25,26)(H2,22,23,24). The number of thiophene rings is 1. The molecule has 0 saturated heterocycles. The molecule has 1 aromatic carbocycles. The van der Waals surface area contributed by atoms with E-state index >= 15 is 0 Å². The number of nitrogens with two attached hydrogens (primary N) is 2. The third-order valence-corrected chi connectivity index (χ3v) is 4.94. The van der Waals surface area contributed by atoms with Crippen molar-refractivity contribution in [3.8, 4) is 0 Å². The largest absolute Gasteiger partial charge is 0.390 e. The van der Waals surface area contributed by atoms with Crippen LogP contribution >= 0.6 is 22.9 Å². The second-order valence-corrected chi connectivity index (χ2v) is 7.17. The Hall–Kier alpha value is -2.36. The Morgan fingerprint density at radius 3 is 2.56 bits per heavy atom. The van der Waals surface area contributed by atoms with Crippen molar-refractivity contribution < 1.29 is 13.6 Å². The van der Waals surface area contributed by atoms with E-state index in [0.717, 1.165) is 23.7 Å². The van der Waals surface area contributed by atoms with Crippen molar-refractivity contribution in [2.24, 2.45) is 21.5 Å². The Bertz CT molecular complexity index is 864. The number of benzene rings is 1. The number of rotatable bonds is 6. The Morgan fingerprint density at radius 1 is 1.33 bits per heavy atom. The summed E-state index contributed by atoms with van der Waals surface area (Å²) in [6.07, 6.45) is 1.26. The van der Waals surface area contributed by atoms with Crippen LogP contribution in [0.15, 0.2) is 34.3 Å². The van der Waals surface area contributed by atoms with Crippen LogP contribution in [0, 0.1) is 11.6 Å². The minimum Gasteiger partial charge on any atom is -0.390 e. The Morgan fingerprint density at radius 2 is 2.00 bits per heavy atom. The van der Waals surface area contributed by atoms with Crippen LogP contribution in [0.4, 0.5) is 8.78 Å². The van der Waals surface area contributed by atoms with Gasteiger partial charge in [0.15, 0.2) is 5.84 Å². The van der Waals surface area contributed by atoms with Gasteiger partial charge in [0, 0.05) is 31.3 Å². The highest BCUT2D eigenvalue weighted by molar-refractivity contribution is 7.18. The minimum absolute atomic E-state index is 0.0922. The van der Waals surface area contributed by atoms with E-state index in [9.17, 15) is 13.6 Å². The summed E-state index contributed by atoms with van der Waals surface area (Å²) in [6, 6.07) is 4.22. The SMILES string of the molecule is CN=C(N=CN)c1cc(C(=O)NC(CN)Cc2cc(F)cc(F)c2)sc1Cl. The molecule has 1 aromatic heterocycles. The predicted molar refractivity (Wildman–Crippen MR) is 105 cm³/mol. The van der Waals surface area contributed by atoms with Gasteiger partial charge in [-0.25, -0.2) is 13.8 Å². The first kappa shape index (κ1) is 20.9. The fourth-order valence-electron chi connectivity index (χ4n) is 2.41. The number of hydrogen-bond donors (Lipinski definition) is 3. The van der Waals surface area contributed by atoms with E-state index in [0.29, 0.717) is 26.2 Å². The summed E-state index contributed by atoms with van der Waals surface area (Å²) < 4.78 is 27.0. The number of halogens is 3. The van der Waals surface area contributed by atoms with Gasteiger partial charge in [-0.3, -0.25) is 9.79 Å². The molecule has 0 aliphatic rings. The Kier molecular flexibility index (Phi) is 7.40. The highest BCUT2D eigenvalue weighted by atomic mass is 35.5. The van der Waals surface area contributed by atoms with Gasteiger partial charge < -0.3 is 16.8 Å². The summed E-state index contributed by atoms with van der Waals surface area (Å²) in [4.78, 5) is 20.7. The molecule has 0 fully saturated rings. The van der Waals surface area contributed by atoms with Crippen LogP contribution in [0.1, 0.15) is 20.8 Å². The van der Waals surface area contributed by atoms with E-state index in [1.165, 1.54) is 19.2 Å². The van der Waals surface area contributed by atoms with Gasteiger partial charge in [0.25, 0.3) is 5.91 Å². The summed E-state index contributed by atoms with van der Waals surface area (Å²) in [5, 5.41) is 2.74. The average Bonchev–Trinajstić information content (AvgIpc) is 3.00. The maximum Gasteiger partial charge on any atom is 0.261 e. The highest BCUT2D eigenvalue weighted by Crippen LogP contribution is 2.28. The fraction of sp³-hybridized carbons (Fsp3) is 0.235. The molecule has 27 heavy (non-hydrogen) atoms. The van der Waals surface area contributed by atoms with Crippen LogP contribution in [0.5, 0.6) is 0 Å². The van der Waals surface area contributed by atoms with Crippen LogP contribution in [0.25, 0.3) is 0 Å². The zero-order valence-electron chi connectivity index (χ0n) is 14.4. The molecule has 1 unspecified atom stereocenters.